The Morgan fingerprint density at radius 1 is 0.344 bits per heavy atom. The predicted octanol–water partition coefficient (Wildman–Crippen LogP) is 10.4. The van der Waals surface area contributed by atoms with Crippen LogP contribution in [0, 0.1) is 0 Å². The van der Waals surface area contributed by atoms with Gasteiger partial charge in [-0.25, -0.2) is 0 Å². The van der Waals surface area contributed by atoms with Gasteiger partial charge in [0.05, 0.1) is 0 Å². The van der Waals surface area contributed by atoms with Gasteiger partial charge in [0.2, 0.25) is 0 Å². The minimum Gasteiger partial charge on any atom is -0.194 e. The molecule has 0 aromatic heterocycles. The van der Waals surface area contributed by atoms with Crippen LogP contribution in [0.15, 0.2) is 121 Å². The first-order valence-corrected chi connectivity index (χ1v) is 11.6. The SMILES string of the molecule is F[P-](F)(F)(F)(F)F.c1ccc([N+](c2ccccc2)(c2ccccc2)c2ccccc2)cc1. The Labute approximate surface area is 182 Å². The minimum atomic E-state index is -10.7. The average Bonchev–Trinajstić information content (AvgIpc) is 2.75. The number of hydrogen-bond donors (Lipinski definition) is 0. The van der Waals surface area contributed by atoms with Crippen LogP contribution in [-0.2, 0) is 0 Å². The number of quaternary nitrogens is 1. The summed E-state index contributed by atoms with van der Waals surface area (Å²) in [5, 5.41) is 0. The number of nitrogens with zero attached hydrogens (tertiary/aromatic N) is 1. The van der Waals surface area contributed by atoms with Gasteiger partial charge in [-0.2, -0.15) is 4.48 Å². The topological polar surface area (TPSA) is 0 Å². The van der Waals surface area contributed by atoms with Gasteiger partial charge < -0.3 is 0 Å². The molecule has 8 heteroatoms. The third-order valence-corrected chi connectivity index (χ3v) is 4.57. The van der Waals surface area contributed by atoms with E-state index in [-0.39, 0.29) is 0 Å². The van der Waals surface area contributed by atoms with E-state index in [0.717, 1.165) is 0 Å². The van der Waals surface area contributed by atoms with Crippen LogP contribution in [0.5, 0.6) is 0 Å². The number of rotatable bonds is 4. The second-order valence-electron chi connectivity index (χ2n) is 6.97. The Bertz CT molecular complexity index is 960. The van der Waals surface area contributed by atoms with E-state index in [1.165, 1.54) is 22.7 Å². The number of benzene rings is 4. The smallest absolute Gasteiger partial charge is 0.148 e. The zero-order valence-electron chi connectivity index (χ0n) is 16.7. The van der Waals surface area contributed by atoms with Crippen molar-refractivity contribution in [3.8, 4) is 0 Å². The molecule has 168 valence electrons. The molecule has 0 N–H and O–H groups in total. The molecule has 0 spiro atoms. The Morgan fingerprint density at radius 2 is 0.500 bits per heavy atom. The van der Waals surface area contributed by atoms with Gasteiger partial charge in [-0.05, 0) is 0 Å². The van der Waals surface area contributed by atoms with E-state index >= 15 is 0 Å². The summed E-state index contributed by atoms with van der Waals surface area (Å²) >= 11 is 0. The molecule has 4 rings (SSSR count). The molecule has 4 aromatic carbocycles. The van der Waals surface area contributed by atoms with Gasteiger partial charge in [-0.1, -0.05) is 72.8 Å². The molecular weight excluding hydrogens is 447 g/mol. The summed E-state index contributed by atoms with van der Waals surface area (Å²) in [4.78, 5) is 0. The normalized spacial score (nSPS) is 13.8. The zero-order chi connectivity index (χ0) is 23.4. The van der Waals surface area contributed by atoms with E-state index in [1.807, 2.05) is 0 Å². The summed E-state index contributed by atoms with van der Waals surface area (Å²) in [5.41, 5.74) is 4.86. The van der Waals surface area contributed by atoms with Crippen molar-refractivity contribution in [2.75, 3.05) is 0 Å². The standard InChI is InChI=1S/C24H20N.F6P/c1-5-13-21(14-6-1)25(22-15-7-2-8-16-22,23-17-9-3-10-18-23)24-19-11-4-12-20-24;1-7(2,3,4,5)6/h1-20H;/q+1;-1. The number of para-hydroxylation sites is 4. The van der Waals surface area contributed by atoms with E-state index in [4.69, 9.17) is 0 Å². The molecule has 1 nitrogen and oxygen atoms in total. The van der Waals surface area contributed by atoms with Crippen LogP contribution >= 0.6 is 7.81 Å². The fourth-order valence-electron chi connectivity index (χ4n) is 3.50. The van der Waals surface area contributed by atoms with Crippen molar-refractivity contribution in [3.63, 3.8) is 0 Å². The second kappa shape index (κ2) is 8.08. The maximum absolute atomic E-state index is 10.7. The molecule has 0 radical (unpaired) electrons. The average molecular weight is 467 g/mol. The van der Waals surface area contributed by atoms with Gasteiger partial charge in [-0.15, -0.1) is 0 Å². The minimum absolute atomic E-state index is 0.559. The van der Waals surface area contributed by atoms with Crippen LogP contribution in [0.3, 0.4) is 0 Å². The molecule has 0 aliphatic rings. The van der Waals surface area contributed by atoms with Crippen LogP contribution in [0.25, 0.3) is 0 Å². The van der Waals surface area contributed by atoms with E-state index < -0.39 is 7.81 Å². The fourth-order valence-corrected chi connectivity index (χ4v) is 3.50. The molecule has 0 heterocycles. The van der Waals surface area contributed by atoms with Gasteiger partial charge >= 0.3 is 33.0 Å². The number of halogens is 6. The molecule has 0 bridgehead atoms. The molecule has 0 amide bonds. The van der Waals surface area contributed by atoms with Crippen molar-refractivity contribution in [1.29, 1.82) is 0 Å². The van der Waals surface area contributed by atoms with Gasteiger partial charge in [0.1, 0.15) is 22.7 Å². The van der Waals surface area contributed by atoms with Crippen LogP contribution in [-0.4, -0.2) is 0 Å². The summed E-state index contributed by atoms with van der Waals surface area (Å²) in [7, 11) is -10.7. The van der Waals surface area contributed by atoms with E-state index in [2.05, 4.69) is 121 Å². The maximum atomic E-state index is 9.87. The van der Waals surface area contributed by atoms with Crippen molar-refractivity contribution < 1.29 is 25.2 Å². The van der Waals surface area contributed by atoms with Gasteiger partial charge in [0.15, 0.2) is 0 Å². The first kappa shape index (κ1) is 23.5. The summed E-state index contributed by atoms with van der Waals surface area (Å²) in [6, 6.07) is 42.8. The Morgan fingerprint density at radius 3 is 0.656 bits per heavy atom. The van der Waals surface area contributed by atoms with Crippen molar-refractivity contribution in [2.45, 2.75) is 0 Å². The Hall–Kier alpha value is -3.15. The van der Waals surface area contributed by atoms with Gasteiger partial charge in [-0.3, -0.25) is 0 Å². The molecule has 32 heavy (non-hydrogen) atoms. The quantitative estimate of drug-likeness (QED) is 0.159. The zero-order valence-corrected chi connectivity index (χ0v) is 17.6. The first-order chi connectivity index (χ1) is 14.9. The van der Waals surface area contributed by atoms with Gasteiger partial charge in [0.25, 0.3) is 0 Å². The van der Waals surface area contributed by atoms with E-state index in [0.29, 0.717) is 4.48 Å². The fraction of sp³-hybridized carbons (Fsp3) is 0. The molecule has 0 aliphatic carbocycles. The van der Waals surface area contributed by atoms with E-state index in [9.17, 15) is 25.2 Å². The van der Waals surface area contributed by atoms with Crippen LogP contribution in [0.1, 0.15) is 0 Å². The van der Waals surface area contributed by atoms with Gasteiger partial charge in [0, 0.05) is 48.5 Å². The van der Waals surface area contributed by atoms with Crippen molar-refractivity contribution in [1.82, 2.24) is 4.48 Å². The second-order valence-corrected chi connectivity index (χ2v) is 8.89. The summed E-state index contributed by atoms with van der Waals surface area (Å²) < 4.78 is 59.8. The summed E-state index contributed by atoms with van der Waals surface area (Å²) in [6.45, 7) is 0. The van der Waals surface area contributed by atoms with E-state index in [1.54, 1.807) is 0 Å². The van der Waals surface area contributed by atoms with Crippen molar-refractivity contribution in [3.05, 3.63) is 121 Å². The maximum Gasteiger partial charge on any atom is 0.148 e. The molecule has 0 saturated heterocycles. The third-order valence-electron chi connectivity index (χ3n) is 4.57. The monoisotopic (exact) mass is 467 g/mol. The van der Waals surface area contributed by atoms with Crippen LogP contribution in [0.4, 0.5) is 47.9 Å². The van der Waals surface area contributed by atoms with Crippen LogP contribution in [0.2, 0.25) is 0 Å². The largest absolute Gasteiger partial charge is 0.194 e. The molecule has 4 aromatic rings. The van der Waals surface area contributed by atoms with Crippen molar-refractivity contribution in [2.24, 2.45) is 0 Å². The first-order valence-electron chi connectivity index (χ1n) is 9.55. The molecular formula is C24H20F6NP. The van der Waals surface area contributed by atoms with Crippen LogP contribution < -0.4 is 4.48 Å². The summed E-state index contributed by atoms with van der Waals surface area (Å²) in [5.74, 6) is 0. The predicted molar refractivity (Wildman–Crippen MR) is 120 cm³/mol. The molecule has 0 fully saturated rings. The molecule has 0 unspecified atom stereocenters. The Balaban J connectivity index is 0.000000360. The molecule has 0 atom stereocenters. The molecule has 0 aliphatic heterocycles. The Kier molecular flexibility index (Phi) is 5.94. The van der Waals surface area contributed by atoms with Crippen molar-refractivity contribution >= 4 is 30.6 Å². The molecule has 0 saturated carbocycles. The number of hydrogen-bond acceptors (Lipinski definition) is 0. The summed E-state index contributed by atoms with van der Waals surface area (Å²) in [6.07, 6.45) is 0. The third kappa shape index (κ3) is 6.42.